The van der Waals surface area contributed by atoms with Gasteiger partial charge in [0.15, 0.2) is 9.84 Å². The number of benzene rings is 2. The van der Waals surface area contributed by atoms with E-state index in [9.17, 15) is 13.2 Å². The van der Waals surface area contributed by atoms with Gasteiger partial charge in [-0.2, -0.15) is 0 Å². The van der Waals surface area contributed by atoms with Crippen molar-refractivity contribution in [3.05, 3.63) is 62.7 Å². The summed E-state index contributed by atoms with van der Waals surface area (Å²) >= 11 is 2.15. The van der Waals surface area contributed by atoms with Crippen LogP contribution in [-0.2, 0) is 15.6 Å². The summed E-state index contributed by atoms with van der Waals surface area (Å²) in [5.74, 6) is -1.27. The molecule has 4 nitrogen and oxygen atoms in total. The van der Waals surface area contributed by atoms with Crippen LogP contribution in [0, 0.1) is 10.5 Å². The summed E-state index contributed by atoms with van der Waals surface area (Å²) in [5, 5.41) is 9.08. The molecule has 0 bridgehead atoms. The first kappa shape index (κ1) is 16.0. The fourth-order valence-electron chi connectivity index (χ4n) is 2.06. The normalized spacial score (nSPS) is 11.3. The summed E-state index contributed by atoms with van der Waals surface area (Å²) in [6.45, 7) is 1.52. The highest BCUT2D eigenvalue weighted by Crippen LogP contribution is 2.23. The molecule has 0 atom stereocenters. The molecule has 0 amide bonds. The molecule has 1 N–H and O–H groups in total. The molecule has 0 aliphatic rings. The Labute approximate surface area is 136 Å². The van der Waals surface area contributed by atoms with Gasteiger partial charge in [0.1, 0.15) is 0 Å². The fourth-order valence-corrected chi connectivity index (χ4v) is 4.07. The lowest BCUT2D eigenvalue weighted by Crippen LogP contribution is -2.10. The summed E-state index contributed by atoms with van der Waals surface area (Å²) in [6.07, 6.45) is 0. The minimum Gasteiger partial charge on any atom is -0.478 e. The molecule has 2 aromatic carbocycles. The number of halogens is 1. The van der Waals surface area contributed by atoms with Crippen LogP contribution in [0.4, 0.5) is 0 Å². The maximum absolute atomic E-state index is 12.5. The Kier molecular flexibility index (Phi) is 4.67. The highest BCUT2D eigenvalue weighted by atomic mass is 127. The predicted octanol–water partition coefficient (Wildman–Crippen LogP) is 3.27. The van der Waals surface area contributed by atoms with E-state index in [1.54, 1.807) is 12.1 Å². The van der Waals surface area contributed by atoms with Crippen molar-refractivity contribution in [2.75, 3.05) is 0 Å². The zero-order valence-electron chi connectivity index (χ0n) is 11.2. The molecule has 0 radical (unpaired) electrons. The standard InChI is InChI=1S/C15H13IO4S/c1-10-13(15(17)18)3-2-4-14(10)21(19,20)9-11-5-7-12(16)8-6-11/h2-8H,9H2,1H3,(H,17,18). The van der Waals surface area contributed by atoms with E-state index in [0.717, 1.165) is 3.57 Å². The van der Waals surface area contributed by atoms with E-state index in [-0.39, 0.29) is 21.8 Å². The van der Waals surface area contributed by atoms with Gasteiger partial charge in [0.2, 0.25) is 0 Å². The van der Waals surface area contributed by atoms with Gasteiger partial charge in [-0.05, 0) is 64.9 Å². The molecule has 21 heavy (non-hydrogen) atoms. The second-order valence-electron chi connectivity index (χ2n) is 4.62. The third-order valence-electron chi connectivity index (χ3n) is 3.12. The van der Waals surface area contributed by atoms with Crippen LogP contribution in [0.15, 0.2) is 47.4 Å². The van der Waals surface area contributed by atoms with Crippen molar-refractivity contribution in [3.8, 4) is 0 Å². The van der Waals surface area contributed by atoms with Crippen LogP contribution in [0.3, 0.4) is 0 Å². The molecule has 2 aromatic rings. The minimum atomic E-state index is -3.58. The lowest BCUT2D eigenvalue weighted by molar-refractivity contribution is 0.0696. The van der Waals surface area contributed by atoms with Crippen LogP contribution < -0.4 is 0 Å². The Morgan fingerprint density at radius 1 is 1.14 bits per heavy atom. The first-order valence-electron chi connectivity index (χ1n) is 6.11. The molecule has 0 aliphatic carbocycles. The fraction of sp³-hybridized carbons (Fsp3) is 0.133. The molecule has 110 valence electrons. The van der Waals surface area contributed by atoms with E-state index in [4.69, 9.17) is 5.11 Å². The van der Waals surface area contributed by atoms with Crippen molar-refractivity contribution >= 4 is 38.4 Å². The van der Waals surface area contributed by atoms with Crippen molar-refractivity contribution in [2.24, 2.45) is 0 Å². The molecular formula is C15H13IO4S. The summed E-state index contributed by atoms with van der Waals surface area (Å²) < 4.78 is 26.0. The second-order valence-corrected chi connectivity index (χ2v) is 7.82. The molecule has 0 saturated carbocycles. The molecular weight excluding hydrogens is 403 g/mol. The van der Waals surface area contributed by atoms with Crippen LogP contribution in [-0.4, -0.2) is 19.5 Å². The number of rotatable bonds is 4. The predicted molar refractivity (Wildman–Crippen MR) is 88.2 cm³/mol. The van der Waals surface area contributed by atoms with Crippen molar-refractivity contribution in [3.63, 3.8) is 0 Å². The molecule has 0 unspecified atom stereocenters. The number of aromatic carboxylic acids is 1. The molecule has 0 saturated heterocycles. The molecule has 0 spiro atoms. The first-order valence-corrected chi connectivity index (χ1v) is 8.84. The van der Waals surface area contributed by atoms with Crippen LogP contribution in [0.25, 0.3) is 0 Å². The van der Waals surface area contributed by atoms with Gasteiger partial charge in [-0.3, -0.25) is 0 Å². The van der Waals surface area contributed by atoms with Crippen molar-refractivity contribution in [2.45, 2.75) is 17.6 Å². The van der Waals surface area contributed by atoms with E-state index in [2.05, 4.69) is 22.6 Å². The smallest absolute Gasteiger partial charge is 0.335 e. The third-order valence-corrected chi connectivity index (χ3v) is 5.66. The number of hydrogen-bond acceptors (Lipinski definition) is 3. The quantitative estimate of drug-likeness (QED) is 0.777. The number of carboxylic acids is 1. The number of carbonyl (C=O) groups is 1. The van der Waals surface area contributed by atoms with E-state index < -0.39 is 15.8 Å². The highest BCUT2D eigenvalue weighted by molar-refractivity contribution is 14.1. The summed E-state index contributed by atoms with van der Waals surface area (Å²) in [6, 6.07) is 11.5. The minimum absolute atomic E-state index is 0.0127. The number of sulfone groups is 1. The highest BCUT2D eigenvalue weighted by Gasteiger charge is 2.21. The van der Waals surface area contributed by atoms with Gasteiger partial charge in [0.25, 0.3) is 0 Å². The average molecular weight is 416 g/mol. The Bertz CT molecular complexity index is 780. The number of carboxylic acid groups (broad SMARTS) is 1. The molecule has 2 rings (SSSR count). The molecule has 0 heterocycles. The second kappa shape index (κ2) is 6.15. The van der Waals surface area contributed by atoms with Gasteiger partial charge >= 0.3 is 5.97 Å². The largest absolute Gasteiger partial charge is 0.478 e. The molecule has 6 heteroatoms. The van der Waals surface area contributed by atoms with Gasteiger partial charge in [-0.15, -0.1) is 0 Å². The number of hydrogen-bond donors (Lipinski definition) is 1. The van der Waals surface area contributed by atoms with E-state index in [1.807, 2.05) is 12.1 Å². The van der Waals surface area contributed by atoms with Crippen LogP contribution in [0.2, 0.25) is 0 Å². The van der Waals surface area contributed by atoms with Crippen molar-refractivity contribution in [1.82, 2.24) is 0 Å². The SMILES string of the molecule is Cc1c(C(=O)O)cccc1S(=O)(=O)Cc1ccc(I)cc1. The lowest BCUT2D eigenvalue weighted by atomic mass is 10.1. The lowest BCUT2D eigenvalue weighted by Gasteiger charge is -2.10. The summed E-state index contributed by atoms with van der Waals surface area (Å²) in [4.78, 5) is 11.2. The van der Waals surface area contributed by atoms with Gasteiger partial charge in [-0.25, -0.2) is 13.2 Å². The topological polar surface area (TPSA) is 71.4 Å². The Morgan fingerprint density at radius 2 is 1.76 bits per heavy atom. The summed E-state index contributed by atoms with van der Waals surface area (Å²) in [7, 11) is -3.58. The van der Waals surface area contributed by atoms with Crippen molar-refractivity contribution < 1.29 is 18.3 Å². The zero-order chi connectivity index (χ0) is 15.6. The van der Waals surface area contributed by atoms with Crippen LogP contribution in [0.1, 0.15) is 21.5 Å². The summed E-state index contributed by atoms with van der Waals surface area (Å²) in [5.41, 5.74) is 0.963. The Balaban J connectivity index is 2.42. The van der Waals surface area contributed by atoms with E-state index >= 15 is 0 Å². The molecule has 0 aliphatic heterocycles. The first-order chi connectivity index (χ1) is 9.81. The van der Waals surface area contributed by atoms with Crippen LogP contribution in [0.5, 0.6) is 0 Å². The molecule has 0 aromatic heterocycles. The van der Waals surface area contributed by atoms with Gasteiger partial charge in [-0.1, -0.05) is 18.2 Å². The van der Waals surface area contributed by atoms with Gasteiger partial charge < -0.3 is 5.11 Å². The van der Waals surface area contributed by atoms with Crippen molar-refractivity contribution in [1.29, 1.82) is 0 Å². The van der Waals surface area contributed by atoms with Gasteiger partial charge in [0.05, 0.1) is 16.2 Å². The Morgan fingerprint density at radius 3 is 2.33 bits per heavy atom. The average Bonchev–Trinajstić information content (AvgIpc) is 2.41. The zero-order valence-corrected chi connectivity index (χ0v) is 14.2. The van der Waals surface area contributed by atoms with Gasteiger partial charge in [0, 0.05) is 3.57 Å². The maximum Gasteiger partial charge on any atom is 0.335 e. The van der Waals surface area contributed by atoms with E-state index in [0.29, 0.717) is 5.56 Å². The monoisotopic (exact) mass is 416 g/mol. The Hall–Kier alpha value is -1.41. The maximum atomic E-state index is 12.5. The third kappa shape index (κ3) is 3.62. The van der Waals surface area contributed by atoms with Crippen LogP contribution >= 0.6 is 22.6 Å². The molecule has 0 fully saturated rings. The van der Waals surface area contributed by atoms with E-state index in [1.165, 1.54) is 25.1 Å².